The van der Waals surface area contributed by atoms with E-state index in [0.29, 0.717) is 5.56 Å². The average Bonchev–Trinajstić information content (AvgIpc) is 2.37. The number of allylic oxidation sites excluding steroid dienone is 1. The van der Waals surface area contributed by atoms with Gasteiger partial charge in [0.15, 0.2) is 5.78 Å². The van der Waals surface area contributed by atoms with Gasteiger partial charge >= 0.3 is 6.18 Å². The van der Waals surface area contributed by atoms with Crippen molar-refractivity contribution in [1.29, 1.82) is 0 Å². The summed E-state index contributed by atoms with van der Waals surface area (Å²) < 4.78 is 47.5. The molecule has 2 rings (SSSR count). The largest absolute Gasteiger partial charge is 0.469 e. The smallest absolute Gasteiger partial charge is 0.416 e. The number of benzene rings is 1. The first kappa shape index (κ1) is 13.5. The predicted octanol–water partition coefficient (Wildman–Crippen LogP) is 3.22. The minimum Gasteiger partial charge on any atom is -0.469 e. The van der Waals surface area contributed by atoms with E-state index in [2.05, 4.69) is 0 Å². The highest BCUT2D eigenvalue weighted by Gasteiger charge is 2.31. The van der Waals surface area contributed by atoms with E-state index in [-0.39, 0.29) is 18.1 Å². The van der Waals surface area contributed by atoms with Crippen LogP contribution < -0.4 is 0 Å². The Morgan fingerprint density at radius 1 is 1.26 bits per heavy atom. The molecule has 1 atom stereocenters. The molecule has 102 valence electrons. The number of carbonyl (C=O) groups excluding carboxylic acids is 1. The molecule has 1 heterocycles. The van der Waals surface area contributed by atoms with Crippen LogP contribution in [0.4, 0.5) is 13.2 Å². The van der Waals surface area contributed by atoms with Gasteiger partial charge in [-0.2, -0.15) is 13.2 Å². The summed E-state index contributed by atoms with van der Waals surface area (Å²) in [6, 6.07) is 4.54. The first-order valence-corrected chi connectivity index (χ1v) is 5.52. The third-order valence-corrected chi connectivity index (χ3v) is 2.73. The molecule has 1 aliphatic heterocycles. The molecular weight excluding hydrogens is 261 g/mol. The fraction of sp³-hybridized carbons (Fsp3) is 0.308. The van der Waals surface area contributed by atoms with Crippen LogP contribution in [0.1, 0.15) is 23.7 Å². The normalized spacial score (nSPS) is 19.7. The standard InChI is InChI=1S/C13H11F3O3/c1-18-12-7-10(17)6-11(19-12)8-2-4-9(5-3-8)13(14,15)16/h2-5,7,11H,6H2,1H3. The monoisotopic (exact) mass is 272 g/mol. The van der Waals surface area contributed by atoms with Crippen LogP contribution in [0, 0.1) is 0 Å². The van der Waals surface area contributed by atoms with Crippen molar-refractivity contribution in [3.63, 3.8) is 0 Å². The van der Waals surface area contributed by atoms with Gasteiger partial charge in [-0.1, -0.05) is 12.1 Å². The first-order chi connectivity index (χ1) is 8.90. The Kier molecular flexibility index (Phi) is 3.50. The lowest BCUT2D eigenvalue weighted by molar-refractivity contribution is -0.137. The Morgan fingerprint density at radius 3 is 2.42 bits per heavy atom. The second kappa shape index (κ2) is 4.95. The fourth-order valence-corrected chi connectivity index (χ4v) is 1.77. The minimum absolute atomic E-state index is 0.0705. The third kappa shape index (κ3) is 3.07. The summed E-state index contributed by atoms with van der Waals surface area (Å²) in [7, 11) is 1.36. The molecule has 1 aliphatic rings. The van der Waals surface area contributed by atoms with E-state index >= 15 is 0 Å². The molecule has 0 bridgehead atoms. The SMILES string of the molecule is COC1=CC(=O)CC(c2ccc(C(F)(F)F)cc2)O1. The average molecular weight is 272 g/mol. The Hall–Kier alpha value is -1.98. The maximum atomic E-state index is 12.4. The number of carbonyl (C=O) groups is 1. The number of alkyl halides is 3. The van der Waals surface area contributed by atoms with Gasteiger partial charge < -0.3 is 9.47 Å². The Bertz CT molecular complexity index is 503. The van der Waals surface area contributed by atoms with Gasteiger partial charge in [0.05, 0.1) is 25.2 Å². The first-order valence-electron chi connectivity index (χ1n) is 5.52. The van der Waals surface area contributed by atoms with Crippen LogP contribution in [0.2, 0.25) is 0 Å². The van der Waals surface area contributed by atoms with Gasteiger partial charge in [-0.25, -0.2) is 0 Å². The van der Waals surface area contributed by atoms with Crippen molar-refractivity contribution in [2.24, 2.45) is 0 Å². The van der Waals surface area contributed by atoms with Crippen molar-refractivity contribution in [3.05, 3.63) is 47.4 Å². The number of methoxy groups -OCH3 is 1. The van der Waals surface area contributed by atoms with Crippen LogP contribution in [0.25, 0.3) is 0 Å². The lowest BCUT2D eigenvalue weighted by Gasteiger charge is -2.23. The molecule has 1 aromatic carbocycles. The lowest BCUT2D eigenvalue weighted by Crippen LogP contribution is -2.16. The van der Waals surface area contributed by atoms with Crippen molar-refractivity contribution >= 4 is 5.78 Å². The predicted molar refractivity (Wildman–Crippen MR) is 60.0 cm³/mol. The Morgan fingerprint density at radius 2 is 1.89 bits per heavy atom. The summed E-state index contributed by atoms with van der Waals surface area (Å²) in [6.07, 6.45) is -3.69. The summed E-state index contributed by atoms with van der Waals surface area (Å²) in [5, 5.41) is 0. The molecule has 0 aliphatic carbocycles. The molecule has 3 nitrogen and oxygen atoms in total. The molecule has 0 N–H and O–H groups in total. The van der Waals surface area contributed by atoms with Crippen LogP contribution in [0.3, 0.4) is 0 Å². The van der Waals surface area contributed by atoms with E-state index in [0.717, 1.165) is 12.1 Å². The van der Waals surface area contributed by atoms with Crippen molar-refractivity contribution in [2.45, 2.75) is 18.7 Å². The molecule has 19 heavy (non-hydrogen) atoms. The molecule has 0 radical (unpaired) electrons. The number of ether oxygens (including phenoxy) is 2. The number of halogens is 3. The number of rotatable bonds is 2. The van der Waals surface area contributed by atoms with Crippen LogP contribution in [0.15, 0.2) is 36.3 Å². The summed E-state index contributed by atoms with van der Waals surface area (Å²) in [5.74, 6) is -0.117. The van der Waals surface area contributed by atoms with Crippen LogP contribution in [-0.4, -0.2) is 12.9 Å². The van der Waals surface area contributed by atoms with Crippen molar-refractivity contribution < 1.29 is 27.4 Å². The van der Waals surface area contributed by atoms with Crippen molar-refractivity contribution in [1.82, 2.24) is 0 Å². The molecular formula is C13H11F3O3. The Balaban J connectivity index is 2.19. The molecule has 0 aromatic heterocycles. The minimum atomic E-state index is -4.38. The molecule has 0 saturated heterocycles. The second-order valence-corrected chi connectivity index (χ2v) is 4.06. The highest BCUT2D eigenvalue weighted by Crippen LogP contribution is 2.33. The topological polar surface area (TPSA) is 35.5 Å². The van der Waals surface area contributed by atoms with Gasteiger partial charge in [0, 0.05) is 0 Å². The summed E-state index contributed by atoms with van der Waals surface area (Å²) in [5.41, 5.74) is -0.232. The van der Waals surface area contributed by atoms with Gasteiger partial charge in [-0.3, -0.25) is 4.79 Å². The fourth-order valence-electron chi connectivity index (χ4n) is 1.77. The Labute approximate surface area is 107 Å². The number of ketones is 1. The maximum Gasteiger partial charge on any atom is 0.416 e. The van der Waals surface area contributed by atoms with E-state index in [9.17, 15) is 18.0 Å². The zero-order chi connectivity index (χ0) is 14.0. The van der Waals surface area contributed by atoms with Crippen LogP contribution >= 0.6 is 0 Å². The molecule has 6 heteroatoms. The summed E-state index contributed by atoms with van der Waals surface area (Å²) in [6.45, 7) is 0. The van der Waals surface area contributed by atoms with Crippen LogP contribution in [-0.2, 0) is 20.4 Å². The lowest BCUT2D eigenvalue weighted by atomic mass is 10.0. The van der Waals surface area contributed by atoms with Gasteiger partial charge in [-0.15, -0.1) is 0 Å². The third-order valence-electron chi connectivity index (χ3n) is 2.73. The van der Waals surface area contributed by atoms with E-state index < -0.39 is 17.8 Å². The van der Waals surface area contributed by atoms with Gasteiger partial charge in [0.25, 0.3) is 5.95 Å². The molecule has 0 fully saturated rings. The number of hydrogen-bond donors (Lipinski definition) is 0. The van der Waals surface area contributed by atoms with Gasteiger partial charge in [-0.05, 0) is 17.7 Å². The zero-order valence-electron chi connectivity index (χ0n) is 10.0. The second-order valence-electron chi connectivity index (χ2n) is 4.06. The molecule has 1 unspecified atom stereocenters. The van der Waals surface area contributed by atoms with E-state index in [1.54, 1.807) is 0 Å². The van der Waals surface area contributed by atoms with Gasteiger partial charge in [0.1, 0.15) is 6.10 Å². The highest BCUT2D eigenvalue weighted by molar-refractivity contribution is 5.90. The summed E-state index contributed by atoms with van der Waals surface area (Å²) >= 11 is 0. The van der Waals surface area contributed by atoms with E-state index in [1.165, 1.54) is 25.3 Å². The molecule has 0 spiro atoms. The summed E-state index contributed by atoms with van der Waals surface area (Å²) in [4.78, 5) is 11.4. The molecule has 0 amide bonds. The van der Waals surface area contributed by atoms with Gasteiger partial charge in [0.2, 0.25) is 0 Å². The van der Waals surface area contributed by atoms with E-state index in [1.807, 2.05) is 0 Å². The zero-order valence-corrected chi connectivity index (χ0v) is 10.0. The highest BCUT2D eigenvalue weighted by atomic mass is 19.4. The quantitative estimate of drug-likeness (QED) is 0.829. The van der Waals surface area contributed by atoms with Crippen molar-refractivity contribution in [3.8, 4) is 0 Å². The number of hydrogen-bond acceptors (Lipinski definition) is 3. The maximum absolute atomic E-state index is 12.4. The van der Waals surface area contributed by atoms with E-state index in [4.69, 9.17) is 9.47 Å². The van der Waals surface area contributed by atoms with Crippen LogP contribution in [0.5, 0.6) is 0 Å². The molecule has 1 aromatic rings. The molecule has 0 saturated carbocycles. The van der Waals surface area contributed by atoms with Crippen molar-refractivity contribution in [2.75, 3.05) is 7.11 Å².